The summed E-state index contributed by atoms with van der Waals surface area (Å²) >= 11 is 0. The SMILES string of the molecule is O=C(OCCO)c1ccc(OCCO)cc1. The topological polar surface area (TPSA) is 76.0 Å². The molecule has 0 atom stereocenters. The first-order valence-electron chi connectivity index (χ1n) is 4.89. The molecule has 0 aliphatic carbocycles. The highest BCUT2D eigenvalue weighted by molar-refractivity contribution is 5.89. The zero-order valence-corrected chi connectivity index (χ0v) is 8.76. The molecule has 0 saturated heterocycles. The average Bonchev–Trinajstić information content (AvgIpc) is 2.34. The van der Waals surface area contributed by atoms with Gasteiger partial charge in [0.05, 0.1) is 18.8 Å². The first-order valence-corrected chi connectivity index (χ1v) is 4.89. The molecule has 0 saturated carbocycles. The summed E-state index contributed by atoms with van der Waals surface area (Å²) in [5.41, 5.74) is 0.393. The molecule has 5 nitrogen and oxygen atoms in total. The largest absolute Gasteiger partial charge is 0.491 e. The summed E-state index contributed by atoms with van der Waals surface area (Å²) in [6, 6.07) is 6.36. The highest BCUT2D eigenvalue weighted by Gasteiger charge is 2.06. The molecule has 0 amide bonds. The fraction of sp³-hybridized carbons (Fsp3) is 0.364. The van der Waals surface area contributed by atoms with Gasteiger partial charge in [-0.25, -0.2) is 4.79 Å². The van der Waals surface area contributed by atoms with E-state index in [1.54, 1.807) is 24.3 Å². The lowest BCUT2D eigenvalue weighted by Gasteiger charge is -2.05. The third-order valence-electron chi connectivity index (χ3n) is 1.77. The van der Waals surface area contributed by atoms with E-state index in [0.717, 1.165) is 0 Å². The van der Waals surface area contributed by atoms with Gasteiger partial charge in [0.25, 0.3) is 0 Å². The molecular formula is C11H14O5. The van der Waals surface area contributed by atoms with E-state index in [9.17, 15) is 4.79 Å². The first-order chi connectivity index (χ1) is 7.77. The van der Waals surface area contributed by atoms with Crippen molar-refractivity contribution in [2.75, 3.05) is 26.4 Å². The van der Waals surface area contributed by atoms with E-state index in [0.29, 0.717) is 11.3 Å². The summed E-state index contributed by atoms with van der Waals surface area (Å²) in [6.07, 6.45) is 0. The van der Waals surface area contributed by atoms with Crippen molar-refractivity contribution in [3.63, 3.8) is 0 Å². The third-order valence-corrected chi connectivity index (χ3v) is 1.77. The van der Waals surface area contributed by atoms with Crippen LogP contribution in [-0.2, 0) is 4.74 Å². The summed E-state index contributed by atoms with van der Waals surface area (Å²) < 4.78 is 9.86. The molecule has 5 heteroatoms. The molecule has 0 aliphatic heterocycles. The number of esters is 1. The van der Waals surface area contributed by atoms with E-state index < -0.39 is 5.97 Å². The fourth-order valence-electron chi connectivity index (χ4n) is 1.07. The molecule has 0 unspecified atom stereocenters. The van der Waals surface area contributed by atoms with Gasteiger partial charge < -0.3 is 19.7 Å². The van der Waals surface area contributed by atoms with Gasteiger partial charge in [0, 0.05) is 0 Å². The lowest BCUT2D eigenvalue weighted by molar-refractivity contribution is 0.0433. The molecule has 0 heterocycles. The Morgan fingerprint density at radius 2 is 1.69 bits per heavy atom. The summed E-state index contributed by atoms with van der Waals surface area (Å²) in [4.78, 5) is 11.3. The number of carbonyl (C=O) groups excluding carboxylic acids is 1. The van der Waals surface area contributed by atoms with E-state index in [1.165, 1.54) is 0 Å². The van der Waals surface area contributed by atoms with Gasteiger partial charge in [-0.2, -0.15) is 0 Å². The van der Waals surface area contributed by atoms with Crippen LogP contribution in [0.1, 0.15) is 10.4 Å². The summed E-state index contributed by atoms with van der Waals surface area (Å²) in [5.74, 6) is 0.0931. The van der Waals surface area contributed by atoms with Gasteiger partial charge in [0.15, 0.2) is 0 Å². The molecule has 1 rings (SSSR count). The lowest BCUT2D eigenvalue weighted by Crippen LogP contribution is -2.08. The zero-order chi connectivity index (χ0) is 11.8. The molecule has 0 radical (unpaired) electrons. The predicted octanol–water partition coefficient (Wildman–Crippen LogP) is 0.207. The Kier molecular flexibility index (Phi) is 5.31. The van der Waals surface area contributed by atoms with Crippen LogP contribution in [0.25, 0.3) is 0 Å². The van der Waals surface area contributed by atoms with Gasteiger partial charge in [-0.1, -0.05) is 0 Å². The Hall–Kier alpha value is -1.59. The van der Waals surface area contributed by atoms with Gasteiger partial charge in [0.1, 0.15) is 19.0 Å². The quantitative estimate of drug-likeness (QED) is 0.678. The fourth-order valence-corrected chi connectivity index (χ4v) is 1.07. The van der Waals surface area contributed by atoms with Crippen LogP contribution < -0.4 is 4.74 Å². The Morgan fingerprint density at radius 3 is 2.25 bits per heavy atom. The molecule has 0 aromatic heterocycles. The molecule has 0 spiro atoms. The Labute approximate surface area is 93.2 Å². The zero-order valence-electron chi connectivity index (χ0n) is 8.76. The smallest absolute Gasteiger partial charge is 0.338 e. The third kappa shape index (κ3) is 3.88. The maximum Gasteiger partial charge on any atom is 0.338 e. The van der Waals surface area contributed by atoms with Crippen LogP contribution in [0.15, 0.2) is 24.3 Å². The monoisotopic (exact) mass is 226 g/mol. The number of ether oxygens (including phenoxy) is 2. The van der Waals surface area contributed by atoms with Crippen LogP contribution in [0.5, 0.6) is 5.75 Å². The second-order valence-corrected chi connectivity index (χ2v) is 2.96. The number of hydrogen-bond acceptors (Lipinski definition) is 5. The molecule has 0 aliphatic rings. The maximum absolute atomic E-state index is 11.3. The molecule has 2 N–H and O–H groups in total. The van der Waals surface area contributed by atoms with E-state index in [-0.39, 0.29) is 26.4 Å². The van der Waals surface area contributed by atoms with Crippen molar-refractivity contribution >= 4 is 5.97 Å². The number of hydrogen-bond donors (Lipinski definition) is 2. The molecule has 16 heavy (non-hydrogen) atoms. The maximum atomic E-state index is 11.3. The standard InChI is InChI=1S/C11H14O5/c12-5-7-15-10-3-1-9(2-4-10)11(14)16-8-6-13/h1-4,12-13H,5-8H2. The Morgan fingerprint density at radius 1 is 1.06 bits per heavy atom. The Balaban J connectivity index is 2.53. The molecule has 1 aromatic carbocycles. The van der Waals surface area contributed by atoms with E-state index in [1.807, 2.05) is 0 Å². The second-order valence-electron chi connectivity index (χ2n) is 2.96. The number of carbonyl (C=O) groups is 1. The molecular weight excluding hydrogens is 212 g/mol. The lowest BCUT2D eigenvalue weighted by atomic mass is 10.2. The van der Waals surface area contributed by atoms with Gasteiger partial charge in [-0.15, -0.1) is 0 Å². The van der Waals surface area contributed by atoms with Crippen LogP contribution >= 0.6 is 0 Å². The highest BCUT2D eigenvalue weighted by Crippen LogP contribution is 2.12. The van der Waals surface area contributed by atoms with Crippen LogP contribution in [0.2, 0.25) is 0 Å². The van der Waals surface area contributed by atoms with Crippen molar-refractivity contribution in [2.24, 2.45) is 0 Å². The Bertz CT molecular complexity index is 320. The second kappa shape index (κ2) is 6.81. The summed E-state index contributed by atoms with van der Waals surface area (Å²) in [7, 11) is 0. The normalized spacial score (nSPS) is 9.88. The van der Waals surface area contributed by atoms with Crippen molar-refractivity contribution in [1.29, 1.82) is 0 Å². The van der Waals surface area contributed by atoms with Crippen molar-refractivity contribution in [2.45, 2.75) is 0 Å². The average molecular weight is 226 g/mol. The van der Waals surface area contributed by atoms with Crippen LogP contribution in [0.4, 0.5) is 0 Å². The van der Waals surface area contributed by atoms with Gasteiger partial charge in [-0.05, 0) is 24.3 Å². The van der Waals surface area contributed by atoms with Gasteiger partial charge in [-0.3, -0.25) is 0 Å². The van der Waals surface area contributed by atoms with Crippen LogP contribution in [-0.4, -0.2) is 42.6 Å². The molecule has 0 bridgehead atoms. The number of benzene rings is 1. The van der Waals surface area contributed by atoms with Gasteiger partial charge >= 0.3 is 5.97 Å². The highest BCUT2D eigenvalue weighted by atomic mass is 16.5. The van der Waals surface area contributed by atoms with E-state index >= 15 is 0 Å². The van der Waals surface area contributed by atoms with Crippen molar-refractivity contribution < 1.29 is 24.5 Å². The minimum Gasteiger partial charge on any atom is -0.491 e. The van der Waals surface area contributed by atoms with Crippen molar-refractivity contribution in [3.05, 3.63) is 29.8 Å². The molecule has 1 aromatic rings. The first kappa shape index (κ1) is 12.5. The van der Waals surface area contributed by atoms with Crippen molar-refractivity contribution in [1.82, 2.24) is 0 Å². The number of rotatable bonds is 6. The minimum absolute atomic E-state index is 0.0123. The summed E-state index contributed by atoms with van der Waals surface area (Å²) in [6.45, 7) is -0.0420. The van der Waals surface area contributed by atoms with Crippen LogP contribution in [0.3, 0.4) is 0 Å². The molecule has 88 valence electrons. The molecule has 0 fully saturated rings. The van der Waals surface area contributed by atoms with Crippen LogP contribution in [0, 0.1) is 0 Å². The number of aliphatic hydroxyl groups excluding tert-OH is 2. The van der Waals surface area contributed by atoms with E-state index in [2.05, 4.69) is 0 Å². The number of aliphatic hydroxyl groups is 2. The van der Waals surface area contributed by atoms with E-state index in [4.69, 9.17) is 19.7 Å². The van der Waals surface area contributed by atoms with Crippen molar-refractivity contribution in [3.8, 4) is 5.75 Å². The predicted molar refractivity (Wildman–Crippen MR) is 56.4 cm³/mol. The van der Waals surface area contributed by atoms with Gasteiger partial charge in [0.2, 0.25) is 0 Å². The summed E-state index contributed by atoms with van der Waals surface area (Å²) in [5, 5.41) is 17.0. The minimum atomic E-state index is -0.484.